The van der Waals surface area contributed by atoms with Crippen molar-refractivity contribution in [3.8, 4) is 22.9 Å². The van der Waals surface area contributed by atoms with Gasteiger partial charge in [0.1, 0.15) is 0 Å². The van der Waals surface area contributed by atoms with Crippen molar-refractivity contribution in [2.45, 2.75) is 19.3 Å². The molecule has 31 heavy (non-hydrogen) atoms. The van der Waals surface area contributed by atoms with E-state index in [9.17, 15) is 4.79 Å². The maximum atomic E-state index is 12.4. The molecule has 7 nitrogen and oxygen atoms in total. The molecule has 5 rings (SSSR count). The summed E-state index contributed by atoms with van der Waals surface area (Å²) in [5.41, 5.74) is 3.35. The van der Waals surface area contributed by atoms with E-state index in [4.69, 9.17) is 8.83 Å². The molecule has 154 valence electrons. The summed E-state index contributed by atoms with van der Waals surface area (Å²) in [4.78, 5) is 24.4. The zero-order valence-electron chi connectivity index (χ0n) is 16.7. The molecule has 0 saturated heterocycles. The molecule has 0 saturated carbocycles. The van der Waals surface area contributed by atoms with Crippen LogP contribution in [0.5, 0.6) is 0 Å². The lowest BCUT2D eigenvalue weighted by Gasteiger charge is -2.04. The molecule has 0 spiro atoms. The number of hydrogen-bond donors (Lipinski definition) is 2. The first kappa shape index (κ1) is 18.9. The van der Waals surface area contributed by atoms with Crippen LogP contribution in [0.15, 0.2) is 82.0 Å². The lowest BCUT2D eigenvalue weighted by Crippen LogP contribution is -2.11. The maximum Gasteiger partial charge on any atom is 0.224 e. The first-order valence-corrected chi connectivity index (χ1v) is 10.1. The number of benzene rings is 2. The van der Waals surface area contributed by atoms with Crippen LogP contribution in [0.1, 0.15) is 18.7 Å². The Morgan fingerprint density at radius 1 is 1.03 bits per heavy atom. The summed E-state index contributed by atoms with van der Waals surface area (Å²) in [5.74, 6) is 2.64. The number of carbonyl (C=O) groups is 1. The fraction of sp³-hybridized carbons (Fsp3) is 0.125. The number of aromatic nitrogens is 3. The monoisotopic (exact) mass is 412 g/mol. The standard InChI is InChI=1S/C24H20N4O3/c29-22(9-4-10-23-25-15-21(31-23)16-6-2-1-3-7-16)26-17-11-12-18-19(14-17)28-24(27-18)20-8-5-13-30-20/h1-3,5-8,11-15H,4,9-10H2,(H,26,29)(H,27,28). The number of imidazole rings is 1. The van der Waals surface area contributed by atoms with Crippen LogP contribution in [0.2, 0.25) is 0 Å². The fourth-order valence-electron chi connectivity index (χ4n) is 3.40. The van der Waals surface area contributed by atoms with Gasteiger partial charge in [0.25, 0.3) is 0 Å². The SMILES string of the molecule is O=C(CCCc1ncc(-c2ccccc2)o1)Nc1ccc2nc(-c3ccco3)[nH]c2c1. The van der Waals surface area contributed by atoms with Crippen molar-refractivity contribution in [2.75, 3.05) is 5.32 Å². The molecule has 0 aliphatic heterocycles. The second-order valence-electron chi connectivity index (χ2n) is 7.18. The van der Waals surface area contributed by atoms with E-state index in [1.54, 1.807) is 12.5 Å². The third kappa shape index (κ3) is 4.25. The van der Waals surface area contributed by atoms with Crippen LogP contribution in [0.25, 0.3) is 33.9 Å². The first-order valence-electron chi connectivity index (χ1n) is 10.1. The fourth-order valence-corrected chi connectivity index (χ4v) is 3.40. The highest BCUT2D eigenvalue weighted by Gasteiger charge is 2.10. The highest BCUT2D eigenvalue weighted by atomic mass is 16.4. The molecular weight excluding hydrogens is 392 g/mol. The molecular formula is C24H20N4O3. The molecule has 2 N–H and O–H groups in total. The van der Waals surface area contributed by atoms with Gasteiger partial charge in [-0.2, -0.15) is 0 Å². The average molecular weight is 412 g/mol. The molecule has 0 fully saturated rings. The van der Waals surface area contributed by atoms with E-state index in [0.29, 0.717) is 36.7 Å². The predicted molar refractivity (Wildman–Crippen MR) is 117 cm³/mol. The Bertz CT molecular complexity index is 1300. The van der Waals surface area contributed by atoms with E-state index in [2.05, 4.69) is 20.3 Å². The number of anilines is 1. The highest BCUT2D eigenvalue weighted by Crippen LogP contribution is 2.24. The molecule has 7 heteroatoms. The van der Waals surface area contributed by atoms with Crippen molar-refractivity contribution in [1.82, 2.24) is 15.0 Å². The number of oxazole rings is 1. The summed E-state index contributed by atoms with van der Waals surface area (Å²) in [6.07, 6.45) is 4.96. The number of aryl methyl sites for hydroxylation is 1. The van der Waals surface area contributed by atoms with Crippen molar-refractivity contribution in [3.63, 3.8) is 0 Å². The molecule has 3 heterocycles. The van der Waals surface area contributed by atoms with E-state index in [0.717, 1.165) is 28.0 Å². The Morgan fingerprint density at radius 3 is 2.77 bits per heavy atom. The van der Waals surface area contributed by atoms with Gasteiger partial charge in [-0.25, -0.2) is 9.97 Å². The summed E-state index contributed by atoms with van der Waals surface area (Å²) in [6.45, 7) is 0. The molecule has 1 amide bonds. The molecule has 0 radical (unpaired) electrons. The van der Waals surface area contributed by atoms with Crippen molar-refractivity contribution < 1.29 is 13.6 Å². The predicted octanol–water partition coefficient (Wildman–Crippen LogP) is 5.44. The van der Waals surface area contributed by atoms with Gasteiger partial charge in [-0.15, -0.1) is 0 Å². The highest BCUT2D eigenvalue weighted by molar-refractivity contribution is 5.93. The minimum Gasteiger partial charge on any atom is -0.461 e. The topological polar surface area (TPSA) is 97.0 Å². The van der Waals surface area contributed by atoms with E-state index in [1.807, 2.05) is 60.7 Å². The molecule has 2 aromatic carbocycles. The summed E-state index contributed by atoms with van der Waals surface area (Å²) < 4.78 is 11.2. The summed E-state index contributed by atoms with van der Waals surface area (Å²) in [6, 6.07) is 19.1. The van der Waals surface area contributed by atoms with Crippen LogP contribution in [-0.4, -0.2) is 20.9 Å². The number of rotatable bonds is 7. The van der Waals surface area contributed by atoms with Crippen molar-refractivity contribution >= 4 is 22.6 Å². The number of hydrogen-bond acceptors (Lipinski definition) is 5. The van der Waals surface area contributed by atoms with Gasteiger partial charge >= 0.3 is 0 Å². The Morgan fingerprint density at radius 2 is 1.94 bits per heavy atom. The van der Waals surface area contributed by atoms with Gasteiger partial charge in [0.2, 0.25) is 5.91 Å². The number of nitrogens with one attached hydrogen (secondary N) is 2. The van der Waals surface area contributed by atoms with Crippen LogP contribution in [0.4, 0.5) is 5.69 Å². The van der Waals surface area contributed by atoms with Gasteiger partial charge in [0, 0.05) is 24.1 Å². The van der Waals surface area contributed by atoms with Crippen LogP contribution in [-0.2, 0) is 11.2 Å². The Labute approximate surface area is 178 Å². The third-order valence-corrected chi connectivity index (χ3v) is 4.93. The van der Waals surface area contributed by atoms with Gasteiger partial charge < -0.3 is 19.1 Å². The Balaban J connectivity index is 1.16. The number of nitrogens with zero attached hydrogens (tertiary/aromatic N) is 2. The zero-order chi connectivity index (χ0) is 21.0. The lowest BCUT2D eigenvalue weighted by atomic mass is 10.2. The second-order valence-corrected chi connectivity index (χ2v) is 7.18. The third-order valence-electron chi connectivity index (χ3n) is 4.93. The number of carbonyl (C=O) groups excluding carboxylic acids is 1. The largest absolute Gasteiger partial charge is 0.461 e. The summed E-state index contributed by atoms with van der Waals surface area (Å²) >= 11 is 0. The van der Waals surface area contributed by atoms with Crippen molar-refractivity contribution in [3.05, 3.63) is 79.0 Å². The van der Waals surface area contributed by atoms with Crippen molar-refractivity contribution in [2.24, 2.45) is 0 Å². The normalized spacial score (nSPS) is 11.1. The molecule has 5 aromatic rings. The number of H-pyrrole nitrogens is 1. The van der Waals surface area contributed by atoms with Gasteiger partial charge in [-0.1, -0.05) is 30.3 Å². The lowest BCUT2D eigenvalue weighted by molar-refractivity contribution is -0.116. The molecule has 0 bridgehead atoms. The Kier molecular flexibility index (Phi) is 5.06. The Hall–Kier alpha value is -4.13. The number of fused-ring (bicyclic) bond motifs is 1. The van der Waals surface area contributed by atoms with E-state index < -0.39 is 0 Å². The van der Waals surface area contributed by atoms with Crippen LogP contribution >= 0.6 is 0 Å². The zero-order valence-corrected chi connectivity index (χ0v) is 16.7. The summed E-state index contributed by atoms with van der Waals surface area (Å²) in [7, 11) is 0. The number of aromatic amines is 1. The molecule has 0 aliphatic rings. The second kappa shape index (κ2) is 8.31. The van der Waals surface area contributed by atoms with E-state index in [-0.39, 0.29) is 5.91 Å². The minimum atomic E-state index is -0.0556. The molecule has 0 atom stereocenters. The van der Waals surface area contributed by atoms with Gasteiger partial charge in [-0.3, -0.25) is 4.79 Å². The molecule has 3 aromatic heterocycles. The number of furan rings is 1. The maximum absolute atomic E-state index is 12.4. The van der Waals surface area contributed by atoms with Gasteiger partial charge in [0.05, 0.1) is 23.5 Å². The molecule has 0 unspecified atom stereocenters. The van der Waals surface area contributed by atoms with Crippen LogP contribution in [0.3, 0.4) is 0 Å². The average Bonchev–Trinajstić information content (AvgIpc) is 3.54. The smallest absolute Gasteiger partial charge is 0.224 e. The van der Waals surface area contributed by atoms with E-state index in [1.165, 1.54) is 0 Å². The van der Waals surface area contributed by atoms with Crippen LogP contribution < -0.4 is 5.32 Å². The quantitative estimate of drug-likeness (QED) is 0.371. The molecule has 0 aliphatic carbocycles. The first-order chi connectivity index (χ1) is 15.2. The van der Waals surface area contributed by atoms with E-state index >= 15 is 0 Å². The summed E-state index contributed by atoms with van der Waals surface area (Å²) in [5, 5.41) is 2.93. The van der Waals surface area contributed by atoms with Gasteiger partial charge in [-0.05, 0) is 36.8 Å². The van der Waals surface area contributed by atoms with Gasteiger partial charge in [0.15, 0.2) is 23.2 Å². The minimum absolute atomic E-state index is 0.0556. The van der Waals surface area contributed by atoms with Crippen LogP contribution in [0, 0.1) is 0 Å². The van der Waals surface area contributed by atoms with Crippen molar-refractivity contribution in [1.29, 1.82) is 0 Å². The number of amides is 1.